The van der Waals surface area contributed by atoms with Crippen LogP contribution in [0.2, 0.25) is 0 Å². The van der Waals surface area contributed by atoms with Gasteiger partial charge in [0, 0.05) is 6.54 Å². The number of fused-ring (bicyclic) bond motifs is 1. The van der Waals surface area contributed by atoms with Crippen LogP contribution in [0.15, 0.2) is 48.5 Å². The lowest BCUT2D eigenvalue weighted by molar-refractivity contribution is -0.142. The summed E-state index contributed by atoms with van der Waals surface area (Å²) >= 11 is 0. The van der Waals surface area contributed by atoms with E-state index in [0.717, 1.165) is 16.8 Å². The molecule has 2 aromatic carbocycles. The van der Waals surface area contributed by atoms with E-state index >= 15 is 0 Å². The highest BCUT2D eigenvalue weighted by Crippen LogP contribution is 2.23. The van der Waals surface area contributed by atoms with Crippen LogP contribution in [0.25, 0.3) is 0 Å². The summed E-state index contributed by atoms with van der Waals surface area (Å²) in [5, 5.41) is 11.6. The van der Waals surface area contributed by atoms with Crippen LogP contribution >= 0.6 is 0 Å². The third-order valence-electron chi connectivity index (χ3n) is 3.97. The number of nitrogens with zero attached hydrogens (tertiary/aromatic N) is 2. The number of hydrogen-bond donors (Lipinski definition) is 1. The summed E-state index contributed by atoms with van der Waals surface area (Å²) < 4.78 is 5.24. The van der Waals surface area contributed by atoms with Gasteiger partial charge >= 0.3 is 12.0 Å². The molecule has 0 spiro atoms. The van der Waals surface area contributed by atoms with Crippen molar-refractivity contribution in [2.24, 2.45) is 0 Å². The van der Waals surface area contributed by atoms with E-state index in [0.29, 0.717) is 18.7 Å². The highest BCUT2D eigenvalue weighted by Gasteiger charge is 2.23. The maximum Gasteiger partial charge on any atom is 0.322 e. The van der Waals surface area contributed by atoms with Crippen molar-refractivity contribution in [3.63, 3.8) is 0 Å². The van der Waals surface area contributed by atoms with Crippen LogP contribution in [-0.4, -0.2) is 25.2 Å². The standard InChI is InChI=1S/C19H17N3O3/c20-12-15-7-5-14(6-8-15)11-18(23)25-10-9-22-17-4-2-1-3-16(17)13-21-19(22)24/h1-8H,9-11,13H2,(H,21,24). The molecule has 0 atom stereocenters. The molecule has 0 saturated carbocycles. The van der Waals surface area contributed by atoms with E-state index < -0.39 is 0 Å². The second-order valence-electron chi connectivity index (χ2n) is 5.65. The maximum absolute atomic E-state index is 12.0. The lowest BCUT2D eigenvalue weighted by atomic mass is 10.1. The average molecular weight is 335 g/mol. The minimum Gasteiger partial charge on any atom is -0.464 e. The zero-order chi connectivity index (χ0) is 17.6. The van der Waals surface area contributed by atoms with Crippen molar-refractivity contribution in [3.8, 4) is 6.07 Å². The number of carbonyl (C=O) groups is 2. The summed E-state index contributed by atoms with van der Waals surface area (Å²) in [4.78, 5) is 25.5. The van der Waals surface area contributed by atoms with E-state index in [1.165, 1.54) is 0 Å². The Kier molecular flexibility index (Phi) is 4.95. The summed E-state index contributed by atoms with van der Waals surface area (Å²) in [6.45, 7) is 0.919. The Balaban J connectivity index is 1.53. The second-order valence-corrected chi connectivity index (χ2v) is 5.65. The van der Waals surface area contributed by atoms with Crippen LogP contribution in [0, 0.1) is 11.3 Å². The zero-order valence-corrected chi connectivity index (χ0v) is 13.6. The van der Waals surface area contributed by atoms with Crippen LogP contribution < -0.4 is 10.2 Å². The molecular formula is C19H17N3O3. The van der Waals surface area contributed by atoms with Crippen molar-refractivity contribution in [2.75, 3.05) is 18.1 Å². The molecule has 1 heterocycles. The first-order valence-electron chi connectivity index (χ1n) is 7.95. The van der Waals surface area contributed by atoms with Gasteiger partial charge in [0.1, 0.15) is 6.61 Å². The van der Waals surface area contributed by atoms with Crippen LogP contribution in [0.3, 0.4) is 0 Å². The highest BCUT2D eigenvalue weighted by atomic mass is 16.5. The topological polar surface area (TPSA) is 82.4 Å². The van der Waals surface area contributed by atoms with Gasteiger partial charge in [0.25, 0.3) is 0 Å². The molecule has 1 N–H and O–H groups in total. The molecule has 0 bridgehead atoms. The van der Waals surface area contributed by atoms with Gasteiger partial charge in [-0.25, -0.2) is 4.79 Å². The third-order valence-corrected chi connectivity index (χ3v) is 3.97. The monoisotopic (exact) mass is 335 g/mol. The minimum atomic E-state index is -0.365. The molecule has 1 aliphatic rings. The molecule has 3 rings (SSSR count). The normalized spacial score (nSPS) is 12.8. The highest BCUT2D eigenvalue weighted by molar-refractivity contribution is 5.94. The van der Waals surface area contributed by atoms with Gasteiger partial charge in [-0.05, 0) is 29.3 Å². The Hall–Kier alpha value is -3.33. The average Bonchev–Trinajstić information content (AvgIpc) is 2.64. The molecule has 1 aliphatic heterocycles. The Morgan fingerprint density at radius 3 is 2.72 bits per heavy atom. The number of hydrogen-bond acceptors (Lipinski definition) is 4. The Bertz CT molecular complexity index is 825. The number of benzene rings is 2. The van der Waals surface area contributed by atoms with Crippen molar-refractivity contribution in [2.45, 2.75) is 13.0 Å². The quantitative estimate of drug-likeness (QED) is 0.851. The fourth-order valence-corrected chi connectivity index (χ4v) is 2.69. The van der Waals surface area contributed by atoms with Gasteiger partial charge in [-0.15, -0.1) is 0 Å². The van der Waals surface area contributed by atoms with E-state index in [1.807, 2.05) is 30.3 Å². The fourth-order valence-electron chi connectivity index (χ4n) is 2.69. The molecule has 0 aliphatic carbocycles. The van der Waals surface area contributed by atoms with Gasteiger partial charge in [-0.2, -0.15) is 5.26 Å². The molecule has 0 aromatic heterocycles. The van der Waals surface area contributed by atoms with E-state index in [-0.39, 0.29) is 25.0 Å². The minimum absolute atomic E-state index is 0.122. The maximum atomic E-state index is 12.0. The lowest BCUT2D eigenvalue weighted by Crippen LogP contribution is -2.45. The number of rotatable bonds is 5. The Morgan fingerprint density at radius 2 is 1.96 bits per heavy atom. The predicted octanol–water partition coefficient (Wildman–Crippen LogP) is 2.37. The van der Waals surface area contributed by atoms with Crippen molar-refractivity contribution in [1.82, 2.24) is 5.32 Å². The first-order chi connectivity index (χ1) is 12.2. The molecule has 25 heavy (non-hydrogen) atoms. The number of nitrogens with one attached hydrogen (secondary N) is 1. The predicted molar refractivity (Wildman–Crippen MR) is 91.8 cm³/mol. The molecule has 6 heteroatoms. The SMILES string of the molecule is N#Cc1ccc(CC(=O)OCCN2C(=O)NCc3ccccc32)cc1. The molecular weight excluding hydrogens is 318 g/mol. The van der Waals surface area contributed by atoms with E-state index in [4.69, 9.17) is 10.00 Å². The summed E-state index contributed by atoms with van der Waals surface area (Å²) in [5.41, 5.74) is 3.21. The summed E-state index contributed by atoms with van der Waals surface area (Å²) in [5.74, 6) is -0.365. The second kappa shape index (κ2) is 7.49. The van der Waals surface area contributed by atoms with Gasteiger partial charge in [-0.1, -0.05) is 30.3 Å². The summed E-state index contributed by atoms with van der Waals surface area (Å²) in [6.07, 6.45) is 0.133. The number of amides is 2. The number of nitriles is 1. The number of esters is 1. The molecule has 2 aromatic rings. The van der Waals surface area contributed by atoms with Gasteiger partial charge in [0.2, 0.25) is 0 Å². The Morgan fingerprint density at radius 1 is 1.20 bits per heavy atom. The van der Waals surface area contributed by atoms with Crippen LogP contribution in [0.1, 0.15) is 16.7 Å². The van der Waals surface area contributed by atoms with Gasteiger partial charge in [-0.3, -0.25) is 9.69 Å². The molecule has 0 fully saturated rings. The summed E-state index contributed by atoms with van der Waals surface area (Å²) in [7, 11) is 0. The molecule has 126 valence electrons. The van der Waals surface area contributed by atoms with Crippen molar-refractivity contribution in [3.05, 3.63) is 65.2 Å². The van der Waals surface area contributed by atoms with Crippen molar-refractivity contribution >= 4 is 17.7 Å². The number of urea groups is 1. The van der Waals surface area contributed by atoms with Gasteiger partial charge < -0.3 is 10.1 Å². The van der Waals surface area contributed by atoms with Crippen molar-refractivity contribution < 1.29 is 14.3 Å². The summed E-state index contributed by atoms with van der Waals surface area (Å²) in [6, 6.07) is 16.3. The molecule has 0 radical (unpaired) electrons. The smallest absolute Gasteiger partial charge is 0.322 e. The van der Waals surface area contributed by atoms with E-state index in [2.05, 4.69) is 5.32 Å². The molecule has 6 nitrogen and oxygen atoms in total. The number of ether oxygens (including phenoxy) is 1. The lowest BCUT2D eigenvalue weighted by Gasteiger charge is -2.29. The Labute approximate surface area is 145 Å². The van der Waals surface area contributed by atoms with Gasteiger partial charge in [0.05, 0.1) is 30.3 Å². The third kappa shape index (κ3) is 3.96. The molecule has 0 saturated heterocycles. The van der Waals surface area contributed by atoms with Gasteiger partial charge in [0.15, 0.2) is 0 Å². The first-order valence-corrected chi connectivity index (χ1v) is 7.95. The zero-order valence-electron chi connectivity index (χ0n) is 13.6. The number of para-hydroxylation sites is 1. The first kappa shape index (κ1) is 16.5. The van der Waals surface area contributed by atoms with Crippen molar-refractivity contribution in [1.29, 1.82) is 5.26 Å². The van der Waals surface area contributed by atoms with E-state index in [1.54, 1.807) is 29.2 Å². The van der Waals surface area contributed by atoms with Crippen LogP contribution in [0.5, 0.6) is 0 Å². The fraction of sp³-hybridized carbons (Fsp3) is 0.211. The number of anilines is 1. The molecule has 0 unspecified atom stereocenters. The molecule has 2 amide bonds. The van der Waals surface area contributed by atoms with Crippen LogP contribution in [0.4, 0.5) is 10.5 Å². The number of carbonyl (C=O) groups excluding carboxylic acids is 2. The largest absolute Gasteiger partial charge is 0.464 e. The van der Waals surface area contributed by atoms with E-state index in [9.17, 15) is 9.59 Å². The van der Waals surface area contributed by atoms with Crippen LogP contribution in [-0.2, 0) is 22.5 Å².